The summed E-state index contributed by atoms with van der Waals surface area (Å²) in [7, 11) is 0. The highest BCUT2D eigenvalue weighted by atomic mass is 16.6. The summed E-state index contributed by atoms with van der Waals surface area (Å²) >= 11 is 0. The van der Waals surface area contributed by atoms with Crippen molar-refractivity contribution >= 4 is 11.9 Å². The van der Waals surface area contributed by atoms with E-state index in [1.165, 1.54) is 0 Å². The van der Waals surface area contributed by atoms with Crippen molar-refractivity contribution in [1.29, 1.82) is 0 Å². The van der Waals surface area contributed by atoms with Crippen molar-refractivity contribution in [2.24, 2.45) is 11.3 Å². The van der Waals surface area contributed by atoms with Gasteiger partial charge in [-0.1, -0.05) is 6.42 Å². The predicted octanol–water partition coefficient (Wildman–Crippen LogP) is 1.28. The molecule has 0 amide bonds. The molecule has 2 unspecified atom stereocenters. The molecule has 4 heteroatoms. The fourth-order valence-electron chi connectivity index (χ4n) is 2.55. The third-order valence-corrected chi connectivity index (χ3v) is 3.31. The lowest BCUT2D eigenvalue weighted by molar-refractivity contribution is -0.168. The molecule has 0 N–H and O–H groups in total. The van der Waals surface area contributed by atoms with Crippen LogP contribution in [-0.2, 0) is 19.1 Å². The smallest absolute Gasteiger partial charge is 0.324 e. The molecular formula is C11H16O4. The van der Waals surface area contributed by atoms with Crippen LogP contribution in [0.15, 0.2) is 0 Å². The van der Waals surface area contributed by atoms with E-state index in [0.29, 0.717) is 13.0 Å². The molecule has 15 heavy (non-hydrogen) atoms. The zero-order valence-electron chi connectivity index (χ0n) is 9.12. The molecule has 1 heterocycles. The predicted molar refractivity (Wildman–Crippen MR) is 52.0 cm³/mol. The van der Waals surface area contributed by atoms with Crippen LogP contribution in [-0.4, -0.2) is 24.6 Å². The number of cyclic esters (lactones) is 1. The normalized spacial score (nSPS) is 34.1. The highest BCUT2D eigenvalue weighted by molar-refractivity contribution is 6.02. The Morgan fingerprint density at radius 3 is 3.00 bits per heavy atom. The number of carbonyl (C=O) groups is 2. The molecule has 2 aliphatic rings. The first kappa shape index (κ1) is 10.5. The maximum atomic E-state index is 11.9. The lowest BCUT2D eigenvalue weighted by atomic mass is 9.80. The van der Waals surface area contributed by atoms with Gasteiger partial charge in [-0.15, -0.1) is 0 Å². The van der Waals surface area contributed by atoms with E-state index in [2.05, 4.69) is 0 Å². The Labute approximate surface area is 88.9 Å². The fourth-order valence-corrected chi connectivity index (χ4v) is 2.55. The summed E-state index contributed by atoms with van der Waals surface area (Å²) in [6.45, 7) is 3.96. The third-order valence-electron chi connectivity index (χ3n) is 3.31. The van der Waals surface area contributed by atoms with Gasteiger partial charge in [0.2, 0.25) is 0 Å². The minimum absolute atomic E-state index is 0.0382. The van der Waals surface area contributed by atoms with Crippen molar-refractivity contribution < 1.29 is 19.1 Å². The Morgan fingerprint density at radius 2 is 2.33 bits per heavy atom. The van der Waals surface area contributed by atoms with Crippen molar-refractivity contribution in [1.82, 2.24) is 0 Å². The summed E-state index contributed by atoms with van der Waals surface area (Å²) in [5, 5.41) is 0. The topological polar surface area (TPSA) is 52.6 Å². The van der Waals surface area contributed by atoms with Crippen LogP contribution >= 0.6 is 0 Å². The van der Waals surface area contributed by atoms with Crippen LogP contribution in [0.5, 0.6) is 0 Å². The summed E-state index contributed by atoms with van der Waals surface area (Å²) in [5.41, 5.74) is -0.968. The maximum absolute atomic E-state index is 11.9. The van der Waals surface area contributed by atoms with Crippen LogP contribution in [0, 0.1) is 11.3 Å². The molecule has 0 aromatic heterocycles. The van der Waals surface area contributed by atoms with Gasteiger partial charge < -0.3 is 9.47 Å². The Kier molecular flexibility index (Phi) is 2.44. The van der Waals surface area contributed by atoms with Crippen LogP contribution < -0.4 is 0 Å². The Bertz CT molecular complexity index is 297. The first-order valence-corrected chi connectivity index (χ1v) is 5.45. The Balaban J connectivity index is 2.22. The quantitative estimate of drug-likeness (QED) is 0.511. The summed E-state index contributed by atoms with van der Waals surface area (Å²) < 4.78 is 10.2. The second-order valence-corrected chi connectivity index (χ2v) is 4.61. The van der Waals surface area contributed by atoms with Crippen LogP contribution in [0.3, 0.4) is 0 Å². The van der Waals surface area contributed by atoms with E-state index >= 15 is 0 Å². The second-order valence-electron chi connectivity index (χ2n) is 4.61. The number of rotatable bonds is 2. The highest BCUT2D eigenvalue weighted by Gasteiger charge is 2.61. The molecule has 2 atom stereocenters. The molecule has 0 bridgehead atoms. The third kappa shape index (κ3) is 1.43. The molecule has 1 aliphatic carbocycles. The average Bonchev–Trinajstić information content (AvgIpc) is 2.67. The zero-order chi connectivity index (χ0) is 11.1. The fraction of sp³-hybridized carbons (Fsp3) is 0.818. The highest BCUT2D eigenvalue weighted by Crippen LogP contribution is 2.49. The van der Waals surface area contributed by atoms with E-state index in [-0.39, 0.29) is 24.0 Å². The molecule has 0 aromatic rings. The number of hydrogen-bond acceptors (Lipinski definition) is 4. The molecule has 0 spiro atoms. The van der Waals surface area contributed by atoms with E-state index in [1.807, 2.05) is 0 Å². The molecule has 1 saturated carbocycles. The molecule has 0 aromatic carbocycles. The number of carbonyl (C=O) groups excluding carboxylic acids is 2. The first-order chi connectivity index (χ1) is 7.07. The minimum atomic E-state index is -0.968. The number of esters is 2. The molecule has 1 aliphatic heterocycles. The van der Waals surface area contributed by atoms with Crippen LogP contribution in [0.1, 0.15) is 33.1 Å². The van der Waals surface area contributed by atoms with Gasteiger partial charge in [-0.2, -0.15) is 0 Å². The summed E-state index contributed by atoms with van der Waals surface area (Å²) in [5.74, 6) is -0.727. The van der Waals surface area contributed by atoms with Gasteiger partial charge in [0.15, 0.2) is 5.41 Å². The number of fused-ring (bicyclic) bond motifs is 1. The van der Waals surface area contributed by atoms with Gasteiger partial charge in [0.1, 0.15) is 0 Å². The lowest BCUT2D eigenvalue weighted by Gasteiger charge is -2.23. The molecule has 2 fully saturated rings. The van der Waals surface area contributed by atoms with E-state index in [9.17, 15) is 9.59 Å². The summed E-state index contributed by atoms with van der Waals surface area (Å²) in [6, 6.07) is 0. The van der Waals surface area contributed by atoms with Gasteiger partial charge in [0.25, 0.3) is 0 Å². The molecule has 4 nitrogen and oxygen atoms in total. The zero-order valence-corrected chi connectivity index (χ0v) is 9.12. The van der Waals surface area contributed by atoms with Gasteiger partial charge in [-0.3, -0.25) is 9.59 Å². The monoisotopic (exact) mass is 212 g/mol. The number of hydrogen-bond donors (Lipinski definition) is 0. The molecule has 0 radical (unpaired) electrons. The number of ether oxygens (including phenoxy) is 2. The Morgan fingerprint density at radius 1 is 1.60 bits per heavy atom. The molecule has 84 valence electrons. The van der Waals surface area contributed by atoms with Crippen molar-refractivity contribution in [3.05, 3.63) is 0 Å². The first-order valence-electron chi connectivity index (χ1n) is 5.45. The second kappa shape index (κ2) is 3.51. The van der Waals surface area contributed by atoms with Crippen LogP contribution in [0.4, 0.5) is 0 Å². The minimum Gasteiger partial charge on any atom is -0.464 e. The van der Waals surface area contributed by atoms with E-state index < -0.39 is 5.41 Å². The molecule has 2 rings (SSSR count). The van der Waals surface area contributed by atoms with Gasteiger partial charge in [0, 0.05) is 5.92 Å². The van der Waals surface area contributed by atoms with E-state index in [0.717, 1.165) is 12.8 Å². The van der Waals surface area contributed by atoms with Crippen LogP contribution in [0.2, 0.25) is 0 Å². The van der Waals surface area contributed by atoms with Crippen molar-refractivity contribution in [2.45, 2.75) is 39.2 Å². The summed E-state index contributed by atoms with van der Waals surface area (Å²) in [4.78, 5) is 23.6. The largest absolute Gasteiger partial charge is 0.464 e. The maximum Gasteiger partial charge on any atom is 0.324 e. The summed E-state index contributed by atoms with van der Waals surface area (Å²) in [6.07, 6.45) is 2.20. The van der Waals surface area contributed by atoms with Crippen LogP contribution in [0.25, 0.3) is 0 Å². The molecule has 1 saturated heterocycles. The van der Waals surface area contributed by atoms with Gasteiger partial charge in [-0.25, -0.2) is 0 Å². The Hall–Kier alpha value is -1.06. The lowest BCUT2D eigenvalue weighted by Crippen LogP contribution is -2.40. The van der Waals surface area contributed by atoms with Crippen molar-refractivity contribution in [3.63, 3.8) is 0 Å². The van der Waals surface area contributed by atoms with E-state index in [1.54, 1.807) is 13.8 Å². The van der Waals surface area contributed by atoms with Gasteiger partial charge in [-0.05, 0) is 26.7 Å². The van der Waals surface area contributed by atoms with Gasteiger partial charge >= 0.3 is 11.9 Å². The molecular weight excluding hydrogens is 196 g/mol. The van der Waals surface area contributed by atoms with Crippen molar-refractivity contribution in [2.75, 3.05) is 6.61 Å². The van der Waals surface area contributed by atoms with E-state index in [4.69, 9.17) is 9.47 Å². The average molecular weight is 212 g/mol. The van der Waals surface area contributed by atoms with Gasteiger partial charge in [0.05, 0.1) is 12.7 Å². The van der Waals surface area contributed by atoms with Crippen molar-refractivity contribution in [3.8, 4) is 0 Å². The SMILES string of the molecule is CC(C)OC(=O)C12CCCC1COC2=O. The standard InChI is InChI=1S/C11H16O4/c1-7(2)15-10(13)11-5-3-4-8(11)6-14-9(11)12/h7-8H,3-6H2,1-2H3.